The molecule has 2 aromatic rings. The molecule has 4 unspecified atom stereocenters. The Morgan fingerprint density at radius 3 is 2.89 bits per heavy atom. The van der Waals surface area contributed by atoms with Crippen LogP contribution in [-0.2, 0) is 6.42 Å². The molecule has 1 heterocycles. The van der Waals surface area contributed by atoms with Crippen LogP contribution in [-0.4, -0.2) is 35.7 Å². The molecule has 4 atom stereocenters. The molecule has 1 saturated carbocycles. The lowest BCUT2D eigenvalue weighted by Gasteiger charge is -2.25. The Labute approximate surface area is 164 Å². The number of aliphatic hydroxyl groups excluding tert-OH is 1. The summed E-state index contributed by atoms with van der Waals surface area (Å²) in [6.45, 7) is 4.72. The topological polar surface area (TPSA) is 58.6 Å². The van der Waals surface area contributed by atoms with E-state index in [0.29, 0.717) is 6.54 Å². The summed E-state index contributed by atoms with van der Waals surface area (Å²) in [6.07, 6.45) is 2.81. The number of ether oxygens (including phenoxy) is 1. The van der Waals surface area contributed by atoms with Gasteiger partial charge in [0.1, 0.15) is 18.0 Å². The molecular formula is C22H27NO3S. The van der Waals surface area contributed by atoms with E-state index in [0.717, 1.165) is 42.6 Å². The summed E-state index contributed by atoms with van der Waals surface area (Å²) >= 11 is 1.74. The van der Waals surface area contributed by atoms with E-state index < -0.39 is 6.10 Å². The van der Waals surface area contributed by atoms with Gasteiger partial charge >= 0.3 is 0 Å². The number of aryl methyl sites for hydroxylation is 3. The first-order chi connectivity index (χ1) is 13.0. The molecule has 1 aromatic heterocycles. The van der Waals surface area contributed by atoms with Crippen LogP contribution in [0.3, 0.4) is 0 Å². The summed E-state index contributed by atoms with van der Waals surface area (Å²) < 4.78 is 6.01. The largest absolute Gasteiger partial charge is 0.488 e. The van der Waals surface area contributed by atoms with Crippen LogP contribution in [0.5, 0.6) is 5.75 Å². The molecule has 27 heavy (non-hydrogen) atoms. The van der Waals surface area contributed by atoms with Crippen molar-refractivity contribution in [3.05, 3.63) is 51.2 Å². The van der Waals surface area contributed by atoms with Crippen molar-refractivity contribution < 1.29 is 14.6 Å². The monoisotopic (exact) mass is 385 g/mol. The molecule has 2 N–H and O–H groups in total. The number of hydrogen-bond acceptors (Lipinski definition) is 5. The van der Waals surface area contributed by atoms with Crippen LogP contribution in [0.1, 0.15) is 44.9 Å². The molecule has 0 aliphatic heterocycles. The van der Waals surface area contributed by atoms with Gasteiger partial charge in [-0.05, 0) is 63.3 Å². The molecule has 0 amide bonds. The number of carbonyl (C=O) groups is 1. The Morgan fingerprint density at radius 1 is 1.22 bits per heavy atom. The average Bonchev–Trinajstić information content (AvgIpc) is 3.18. The van der Waals surface area contributed by atoms with E-state index in [1.807, 2.05) is 37.3 Å². The van der Waals surface area contributed by atoms with Crippen molar-refractivity contribution in [2.24, 2.45) is 5.92 Å². The zero-order valence-electron chi connectivity index (χ0n) is 15.9. The van der Waals surface area contributed by atoms with Crippen LogP contribution >= 0.6 is 11.3 Å². The lowest BCUT2D eigenvalue weighted by atomic mass is 9.87. The number of nitrogens with one attached hydrogen (secondary N) is 1. The highest BCUT2D eigenvalue weighted by atomic mass is 32.1. The SMILES string of the molecule is Cc1cccc(OC2CCC(NCC3CCc4sc(C)cc4C3=O)C2O)c1. The van der Waals surface area contributed by atoms with Gasteiger partial charge < -0.3 is 15.2 Å². The van der Waals surface area contributed by atoms with Crippen LogP contribution in [0.25, 0.3) is 0 Å². The van der Waals surface area contributed by atoms with Gasteiger partial charge in [0.25, 0.3) is 0 Å². The van der Waals surface area contributed by atoms with Gasteiger partial charge in [0.15, 0.2) is 5.78 Å². The molecule has 2 aliphatic carbocycles. The molecule has 0 radical (unpaired) electrons. The number of rotatable bonds is 5. The van der Waals surface area contributed by atoms with Crippen molar-refractivity contribution in [2.75, 3.05) is 6.54 Å². The van der Waals surface area contributed by atoms with Crippen molar-refractivity contribution in [1.82, 2.24) is 5.32 Å². The third-order valence-corrected chi connectivity index (χ3v) is 6.86. The van der Waals surface area contributed by atoms with Gasteiger partial charge in [0.05, 0.1) is 0 Å². The third-order valence-electron chi connectivity index (χ3n) is 5.75. The van der Waals surface area contributed by atoms with Gasteiger partial charge in [-0.25, -0.2) is 0 Å². The number of benzene rings is 1. The van der Waals surface area contributed by atoms with Gasteiger partial charge in [-0.3, -0.25) is 4.79 Å². The molecule has 0 saturated heterocycles. The fraction of sp³-hybridized carbons (Fsp3) is 0.500. The van der Waals surface area contributed by atoms with Crippen LogP contribution < -0.4 is 10.1 Å². The second-order valence-electron chi connectivity index (χ2n) is 7.85. The van der Waals surface area contributed by atoms with Crippen molar-refractivity contribution in [3.8, 4) is 5.75 Å². The molecule has 4 nitrogen and oxygen atoms in total. The van der Waals surface area contributed by atoms with Crippen molar-refractivity contribution >= 4 is 17.1 Å². The Morgan fingerprint density at radius 2 is 2.07 bits per heavy atom. The van der Waals surface area contributed by atoms with Gasteiger partial charge in [-0.2, -0.15) is 0 Å². The highest BCUT2D eigenvalue weighted by Gasteiger charge is 2.37. The number of ketones is 1. The average molecular weight is 386 g/mol. The minimum absolute atomic E-state index is 0.00967. The summed E-state index contributed by atoms with van der Waals surface area (Å²) in [6, 6.07) is 9.94. The summed E-state index contributed by atoms with van der Waals surface area (Å²) in [4.78, 5) is 15.2. The quantitative estimate of drug-likeness (QED) is 0.824. The minimum atomic E-state index is -0.553. The van der Waals surface area contributed by atoms with Gasteiger partial charge in [0, 0.05) is 33.8 Å². The van der Waals surface area contributed by atoms with Crippen molar-refractivity contribution in [3.63, 3.8) is 0 Å². The van der Waals surface area contributed by atoms with Crippen LogP contribution in [0, 0.1) is 19.8 Å². The number of hydrogen-bond donors (Lipinski definition) is 2. The van der Waals surface area contributed by atoms with Crippen molar-refractivity contribution in [1.29, 1.82) is 0 Å². The maximum Gasteiger partial charge on any atom is 0.168 e. The van der Waals surface area contributed by atoms with Gasteiger partial charge in [-0.15, -0.1) is 11.3 Å². The number of carbonyl (C=O) groups excluding carboxylic acids is 1. The smallest absolute Gasteiger partial charge is 0.168 e. The molecule has 1 fully saturated rings. The molecular weight excluding hydrogens is 358 g/mol. The third kappa shape index (κ3) is 3.96. The second kappa shape index (κ2) is 7.74. The molecule has 2 aliphatic rings. The number of thiophene rings is 1. The maximum atomic E-state index is 12.7. The van der Waals surface area contributed by atoms with E-state index >= 15 is 0 Å². The lowest BCUT2D eigenvalue weighted by Crippen LogP contribution is -2.44. The summed E-state index contributed by atoms with van der Waals surface area (Å²) in [5, 5.41) is 14.1. The van der Waals surface area contributed by atoms with E-state index in [2.05, 4.69) is 12.2 Å². The number of fused-ring (bicyclic) bond motifs is 1. The number of Topliss-reactive ketones (excluding diaryl/α,β-unsaturated/α-hetero) is 1. The van der Waals surface area contributed by atoms with Crippen LogP contribution in [0.15, 0.2) is 30.3 Å². The second-order valence-corrected chi connectivity index (χ2v) is 9.19. The molecule has 5 heteroatoms. The first-order valence-corrected chi connectivity index (χ1v) is 10.6. The Hall–Kier alpha value is -1.69. The minimum Gasteiger partial charge on any atom is -0.488 e. The molecule has 4 rings (SSSR count). The first kappa shape index (κ1) is 18.7. The Bertz CT molecular complexity index is 831. The Balaban J connectivity index is 1.32. The zero-order chi connectivity index (χ0) is 19.0. The van der Waals surface area contributed by atoms with Gasteiger partial charge in [-0.1, -0.05) is 12.1 Å². The fourth-order valence-corrected chi connectivity index (χ4v) is 5.32. The molecule has 144 valence electrons. The van der Waals surface area contributed by atoms with E-state index in [1.165, 1.54) is 9.75 Å². The fourth-order valence-electron chi connectivity index (χ4n) is 4.26. The summed E-state index contributed by atoms with van der Waals surface area (Å²) in [7, 11) is 0. The van der Waals surface area contributed by atoms with Gasteiger partial charge in [0.2, 0.25) is 0 Å². The summed E-state index contributed by atoms with van der Waals surface area (Å²) in [5.74, 6) is 1.08. The lowest BCUT2D eigenvalue weighted by molar-refractivity contribution is 0.0441. The predicted octanol–water partition coefficient (Wildman–Crippen LogP) is 3.67. The highest BCUT2D eigenvalue weighted by molar-refractivity contribution is 7.12. The van der Waals surface area contributed by atoms with Crippen molar-refractivity contribution in [2.45, 2.75) is 57.8 Å². The molecule has 0 bridgehead atoms. The predicted molar refractivity (Wildman–Crippen MR) is 108 cm³/mol. The molecule has 0 spiro atoms. The maximum absolute atomic E-state index is 12.7. The van der Waals surface area contributed by atoms with E-state index in [4.69, 9.17) is 4.74 Å². The van der Waals surface area contributed by atoms with E-state index in [9.17, 15) is 9.90 Å². The number of aliphatic hydroxyl groups is 1. The standard InChI is InChI=1S/C22H27NO3S/c1-13-4-3-5-16(10-13)26-19-8-7-18(22(19)25)23-12-15-6-9-20-17(21(15)24)11-14(2)27-20/h3-5,10-11,15,18-19,22-23,25H,6-9,12H2,1-2H3. The zero-order valence-corrected chi connectivity index (χ0v) is 16.7. The molecule has 1 aromatic carbocycles. The van der Waals surface area contributed by atoms with E-state index in [1.54, 1.807) is 11.3 Å². The first-order valence-electron chi connectivity index (χ1n) is 9.79. The summed E-state index contributed by atoms with van der Waals surface area (Å²) in [5.41, 5.74) is 2.07. The van der Waals surface area contributed by atoms with Crippen LogP contribution in [0.2, 0.25) is 0 Å². The van der Waals surface area contributed by atoms with E-state index in [-0.39, 0.29) is 23.8 Å². The van der Waals surface area contributed by atoms with Crippen LogP contribution in [0.4, 0.5) is 0 Å². The highest BCUT2D eigenvalue weighted by Crippen LogP contribution is 2.32. The normalized spacial score (nSPS) is 27.6. The Kier molecular flexibility index (Phi) is 5.35.